The van der Waals surface area contributed by atoms with E-state index in [9.17, 15) is 24.9 Å². The Morgan fingerprint density at radius 2 is 1.61 bits per heavy atom. The van der Waals surface area contributed by atoms with Gasteiger partial charge in [0.25, 0.3) is 0 Å². The summed E-state index contributed by atoms with van der Waals surface area (Å²) in [6.07, 6.45) is -3.03. The van der Waals surface area contributed by atoms with E-state index < -0.39 is 42.3 Å². The van der Waals surface area contributed by atoms with Gasteiger partial charge >= 0.3 is 11.9 Å². The molecule has 0 bridgehead atoms. The predicted molar refractivity (Wildman–Crippen MR) is 110 cm³/mol. The first-order valence-corrected chi connectivity index (χ1v) is 9.23. The fraction of sp³-hybridized carbons (Fsp3) is 0.238. The molecule has 31 heavy (non-hydrogen) atoms. The Kier molecular flexibility index (Phi) is 6.51. The van der Waals surface area contributed by atoms with E-state index >= 15 is 0 Å². The number of ether oxygens (including phenoxy) is 2. The third kappa shape index (κ3) is 5.17. The molecule has 10 nitrogen and oxygen atoms in total. The summed E-state index contributed by atoms with van der Waals surface area (Å²) >= 11 is 0. The van der Waals surface area contributed by atoms with Crippen LogP contribution in [0.5, 0.6) is 0 Å². The zero-order valence-electron chi connectivity index (χ0n) is 16.8. The summed E-state index contributed by atoms with van der Waals surface area (Å²) in [5, 5.41) is 37.0. The Hall–Kier alpha value is -3.92. The maximum absolute atomic E-state index is 12.1. The monoisotopic (exact) mass is 427 g/mol. The second-order valence-corrected chi connectivity index (χ2v) is 6.88. The predicted octanol–water partition coefficient (Wildman–Crippen LogP) is 2.94. The second-order valence-electron chi connectivity index (χ2n) is 6.88. The molecule has 0 radical (unpaired) electrons. The third-order valence-electron chi connectivity index (χ3n) is 4.42. The molecule has 10 heteroatoms. The fourth-order valence-electron chi connectivity index (χ4n) is 2.66. The Bertz CT molecular complexity index is 1010. The summed E-state index contributed by atoms with van der Waals surface area (Å²) in [7, 11) is 3.89. The van der Waals surface area contributed by atoms with E-state index in [0.29, 0.717) is 11.4 Å². The van der Waals surface area contributed by atoms with E-state index in [1.807, 2.05) is 43.3 Å². The number of aliphatic hydroxyl groups is 3. The lowest BCUT2D eigenvalue weighted by molar-refractivity contribution is -0.147. The van der Waals surface area contributed by atoms with Crippen LogP contribution in [0, 0.1) is 0 Å². The van der Waals surface area contributed by atoms with Crippen LogP contribution in [0.1, 0.15) is 10.4 Å². The Morgan fingerprint density at radius 3 is 2.10 bits per heavy atom. The van der Waals surface area contributed by atoms with Gasteiger partial charge < -0.3 is 29.7 Å². The zero-order valence-corrected chi connectivity index (χ0v) is 16.8. The summed E-state index contributed by atoms with van der Waals surface area (Å²) in [5.41, 5.74) is 2.45. The van der Waals surface area contributed by atoms with Crippen LogP contribution in [0.2, 0.25) is 0 Å². The van der Waals surface area contributed by atoms with Crippen LogP contribution in [0.15, 0.2) is 70.3 Å². The Balaban J connectivity index is 1.54. The van der Waals surface area contributed by atoms with Gasteiger partial charge in [0.2, 0.25) is 5.76 Å². The summed E-state index contributed by atoms with van der Waals surface area (Å²) in [4.78, 5) is 25.3. The molecule has 1 aliphatic rings. The fourth-order valence-corrected chi connectivity index (χ4v) is 2.66. The maximum atomic E-state index is 12.1. The number of cyclic esters (lactones) is 1. The third-order valence-corrected chi connectivity index (χ3v) is 4.42. The van der Waals surface area contributed by atoms with Gasteiger partial charge in [-0.2, -0.15) is 10.2 Å². The van der Waals surface area contributed by atoms with Crippen LogP contribution >= 0.6 is 0 Å². The molecule has 2 atom stereocenters. The lowest BCUT2D eigenvalue weighted by Crippen LogP contribution is -2.33. The number of rotatable bonds is 7. The average Bonchev–Trinajstić information content (AvgIpc) is 3.03. The first kappa shape index (κ1) is 21.8. The van der Waals surface area contributed by atoms with Gasteiger partial charge in [0.1, 0.15) is 12.7 Å². The van der Waals surface area contributed by atoms with Gasteiger partial charge in [-0.1, -0.05) is 0 Å². The molecule has 0 saturated carbocycles. The molecule has 162 valence electrons. The van der Waals surface area contributed by atoms with E-state index in [1.54, 1.807) is 12.1 Å². The van der Waals surface area contributed by atoms with Crippen molar-refractivity contribution in [3.63, 3.8) is 0 Å². The minimum atomic E-state index is -1.54. The largest absolute Gasteiger partial charge is 0.505 e. The number of carbonyl (C=O) groups excluding carboxylic acids is 2. The number of azo groups is 1. The molecular formula is C21H21N3O7. The molecule has 0 saturated heterocycles. The number of carbonyl (C=O) groups is 2. The lowest BCUT2D eigenvalue weighted by atomic mass is 10.2. The van der Waals surface area contributed by atoms with Crippen LogP contribution in [-0.2, 0) is 14.3 Å². The highest BCUT2D eigenvalue weighted by atomic mass is 16.6. The summed E-state index contributed by atoms with van der Waals surface area (Å²) in [6.45, 7) is -0.557. The molecule has 0 fully saturated rings. The van der Waals surface area contributed by atoms with Crippen molar-refractivity contribution in [1.29, 1.82) is 0 Å². The lowest BCUT2D eigenvalue weighted by Gasteiger charge is -2.17. The Morgan fingerprint density at radius 1 is 1.06 bits per heavy atom. The molecule has 3 N–H and O–H groups in total. The molecule has 1 aliphatic heterocycles. The minimum Gasteiger partial charge on any atom is -0.505 e. The van der Waals surface area contributed by atoms with E-state index in [1.165, 1.54) is 12.1 Å². The zero-order chi connectivity index (χ0) is 22.5. The summed E-state index contributed by atoms with van der Waals surface area (Å²) in [6, 6.07) is 13.6. The molecule has 0 amide bonds. The van der Waals surface area contributed by atoms with Gasteiger partial charge in [-0.3, -0.25) is 0 Å². The van der Waals surface area contributed by atoms with Gasteiger partial charge in [0, 0.05) is 19.8 Å². The molecule has 0 aromatic heterocycles. The van der Waals surface area contributed by atoms with Gasteiger partial charge in [0.05, 0.1) is 16.9 Å². The van der Waals surface area contributed by atoms with E-state index in [2.05, 4.69) is 15.0 Å². The highest BCUT2D eigenvalue weighted by Gasteiger charge is 2.39. The number of hydrogen-bond acceptors (Lipinski definition) is 10. The quantitative estimate of drug-likeness (QED) is 0.452. The van der Waals surface area contributed by atoms with Crippen LogP contribution in [-0.4, -0.2) is 60.2 Å². The van der Waals surface area contributed by atoms with Crippen molar-refractivity contribution in [2.24, 2.45) is 10.2 Å². The topological polar surface area (TPSA) is 141 Å². The van der Waals surface area contributed by atoms with Gasteiger partial charge in [-0.25, -0.2) is 9.59 Å². The van der Waals surface area contributed by atoms with Gasteiger partial charge in [0.15, 0.2) is 11.9 Å². The first-order valence-electron chi connectivity index (χ1n) is 9.23. The van der Waals surface area contributed by atoms with Crippen molar-refractivity contribution in [2.75, 3.05) is 25.6 Å². The number of benzene rings is 2. The molecule has 2 aromatic carbocycles. The first-order chi connectivity index (χ1) is 14.8. The SMILES string of the molecule is CN(C)c1ccc(N=Nc2ccc(C(=O)OCC(O)C3OC(=O)C(O)=C3O)cc2)cc1. The van der Waals surface area contributed by atoms with Crippen LogP contribution in [0.4, 0.5) is 17.1 Å². The number of nitrogens with zero attached hydrogens (tertiary/aromatic N) is 3. The molecule has 1 heterocycles. The van der Waals surface area contributed by atoms with Crippen LogP contribution in [0.3, 0.4) is 0 Å². The normalized spacial score (nSPS) is 17.0. The number of anilines is 1. The smallest absolute Gasteiger partial charge is 0.377 e. The van der Waals surface area contributed by atoms with Crippen molar-refractivity contribution >= 4 is 29.0 Å². The molecule has 2 unspecified atom stereocenters. The minimum absolute atomic E-state index is 0.201. The molecule has 0 aliphatic carbocycles. The standard InChI is InChI=1S/C21H21N3O7/c1-24(2)15-9-7-14(8-10-15)23-22-13-5-3-12(4-6-13)20(28)30-11-16(25)19-17(26)18(27)21(29)31-19/h3-10,16,19,25-27H,11H2,1-2H3. The van der Waals surface area contributed by atoms with Crippen molar-refractivity contribution < 1.29 is 34.4 Å². The average molecular weight is 427 g/mol. The van der Waals surface area contributed by atoms with Gasteiger partial charge in [-0.15, -0.1) is 0 Å². The molecule has 0 spiro atoms. The van der Waals surface area contributed by atoms with Crippen molar-refractivity contribution in [3.05, 3.63) is 65.6 Å². The number of hydrogen-bond donors (Lipinski definition) is 3. The van der Waals surface area contributed by atoms with E-state index in [0.717, 1.165) is 5.69 Å². The highest BCUT2D eigenvalue weighted by molar-refractivity contribution is 5.90. The van der Waals surface area contributed by atoms with Crippen molar-refractivity contribution in [3.8, 4) is 0 Å². The molecular weight excluding hydrogens is 406 g/mol. The summed E-state index contributed by atoms with van der Waals surface area (Å²) in [5.74, 6) is -3.68. The number of aliphatic hydroxyl groups excluding tert-OH is 3. The molecule has 2 aromatic rings. The second kappa shape index (κ2) is 9.26. The van der Waals surface area contributed by atoms with E-state index in [-0.39, 0.29) is 5.56 Å². The van der Waals surface area contributed by atoms with Crippen LogP contribution < -0.4 is 4.90 Å². The number of esters is 2. The van der Waals surface area contributed by atoms with Crippen molar-refractivity contribution in [1.82, 2.24) is 0 Å². The van der Waals surface area contributed by atoms with Crippen LogP contribution in [0.25, 0.3) is 0 Å². The maximum Gasteiger partial charge on any atom is 0.377 e. The van der Waals surface area contributed by atoms with Gasteiger partial charge in [-0.05, 0) is 48.5 Å². The molecule has 3 rings (SSSR count). The van der Waals surface area contributed by atoms with Crippen molar-refractivity contribution in [2.45, 2.75) is 12.2 Å². The highest BCUT2D eigenvalue weighted by Crippen LogP contribution is 2.23. The van der Waals surface area contributed by atoms with E-state index in [4.69, 9.17) is 4.74 Å². The Labute approximate surface area is 177 Å². The summed E-state index contributed by atoms with van der Waals surface area (Å²) < 4.78 is 9.57.